The highest BCUT2D eigenvalue weighted by Gasteiger charge is 2.13. The van der Waals surface area contributed by atoms with Gasteiger partial charge in [0.2, 0.25) is 11.8 Å². The van der Waals surface area contributed by atoms with Gasteiger partial charge in [-0.3, -0.25) is 14.6 Å². The average Bonchev–Trinajstić information content (AvgIpc) is 3.48. The van der Waals surface area contributed by atoms with Gasteiger partial charge in [-0.25, -0.2) is 9.97 Å². The van der Waals surface area contributed by atoms with Crippen molar-refractivity contribution >= 4 is 51.0 Å². The maximum Gasteiger partial charge on any atom is 0.232 e. The Morgan fingerprint density at radius 3 is 2.73 bits per heavy atom. The molecule has 4 heterocycles. The minimum Gasteiger partial charge on any atom is -0.351 e. The van der Waals surface area contributed by atoms with Crippen LogP contribution in [0.3, 0.4) is 0 Å². The Morgan fingerprint density at radius 2 is 1.93 bits per heavy atom. The van der Waals surface area contributed by atoms with E-state index < -0.39 is 0 Å². The van der Waals surface area contributed by atoms with E-state index in [-0.39, 0.29) is 18.2 Å². The van der Waals surface area contributed by atoms with Gasteiger partial charge < -0.3 is 10.6 Å². The van der Waals surface area contributed by atoms with E-state index in [0.717, 1.165) is 26.1 Å². The van der Waals surface area contributed by atoms with Gasteiger partial charge in [0, 0.05) is 28.8 Å². The van der Waals surface area contributed by atoms with E-state index in [4.69, 9.17) is 0 Å². The van der Waals surface area contributed by atoms with E-state index in [1.807, 2.05) is 41.1 Å². The van der Waals surface area contributed by atoms with Gasteiger partial charge in [0.25, 0.3) is 0 Å². The first kappa shape index (κ1) is 20.3. The summed E-state index contributed by atoms with van der Waals surface area (Å²) >= 11 is 4.41. The largest absolute Gasteiger partial charge is 0.351 e. The summed E-state index contributed by atoms with van der Waals surface area (Å²) in [5, 5.41) is 10.7. The number of rotatable bonds is 7. The van der Waals surface area contributed by atoms with Crippen molar-refractivity contribution < 1.29 is 9.59 Å². The van der Waals surface area contributed by atoms with E-state index >= 15 is 0 Å². The van der Waals surface area contributed by atoms with Gasteiger partial charge in [-0.15, -0.1) is 34.0 Å². The molecule has 2 N–H and O–H groups in total. The molecule has 0 unspecified atom stereocenters. The van der Waals surface area contributed by atoms with Crippen molar-refractivity contribution in [1.29, 1.82) is 0 Å². The molecule has 0 aromatic carbocycles. The molecule has 0 aliphatic heterocycles. The standard InChI is InChI=1S/C20H17N5O2S3/c1-12(26)22-9-14-5-6-17(30-14)16-11-29-20(24-16)25-18(27)8-13-10-28-19(23-13)15-4-2-3-7-21-15/h2-7,10-11H,8-9H2,1H3,(H,22,26)(H,24,25,27). The molecule has 10 heteroatoms. The quantitative estimate of drug-likeness (QED) is 0.435. The predicted octanol–water partition coefficient (Wildman–Crippen LogP) is 4.21. The van der Waals surface area contributed by atoms with Gasteiger partial charge in [-0.1, -0.05) is 6.07 Å². The van der Waals surface area contributed by atoms with Crippen LogP contribution in [-0.4, -0.2) is 26.8 Å². The number of nitrogens with one attached hydrogen (secondary N) is 2. The minimum absolute atomic E-state index is 0.0594. The molecule has 0 saturated carbocycles. The van der Waals surface area contributed by atoms with Gasteiger partial charge >= 0.3 is 0 Å². The third kappa shape index (κ3) is 5.15. The number of nitrogens with zero attached hydrogens (tertiary/aromatic N) is 3. The van der Waals surface area contributed by atoms with Crippen molar-refractivity contribution in [1.82, 2.24) is 20.3 Å². The smallest absolute Gasteiger partial charge is 0.232 e. The molecule has 7 nitrogen and oxygen atoms in total. The van der Waals surface area contributed by atoms with Crippen LogP contribution < -0.4 is 10.6 Å². The second-order valence-corrected chi connectivity index (χ2v) is 9.18. The lowest BCUT2D eigenvalue weighted by molar-refractivity contribution is -0.119. The molecular formula is C20H17N5O2S3. The first-order valence-corrected chi connectivity index (χ1v) is 11.6. The van der Waals surface area contributed by atoms with Crippen LogP contribution in [0.4, 0.5) is 5.13 Å². The van der Waals surface area contributed by atoms with E-state index in [1.54, 1.807) is 17.5 Å². The summed E-state index contributed by atoms with van der Waals surface area (Å²) in [4.78, 5) is 38.8. The molecule has 0 bridgehead atoms. The molecule has 4 rings (SSSR count). The van der Waals surface area contributed by atoms with Gasteiger partial charge in [-0.2, -0.15) is 0 Å². The number of thiophene rings is 1. The summed E-state index contributed by atoms with van der Waals surface area (Å²) in [5.74, 6) is -0.220. The topological polar surface area (TPSA) is 96.9 Å². The maximum absolute atomic E-state index is 12.4. The lowest BCUT2D eigenvalue weighted by atomic mass is 10.3. The summed E-state index contributed by atoms with van der Waals surface area (Å²) < 4.78 is 0. The zero-order valence-electron chi connectivity index (χ0n) is 15.9. The summed E-state index contributed by atoms with van der Waals surface area (Å²) in [5.41, 5.74) is 2.31. The van der Waals surface area contributed by atoms with Crippen molar-refractivity contribution in [2.24, 2.45) is 0 Å². The number of hydrogen-bond acceptors (Lipinski definition) is 8. The van der Waals surface area contributed by atoms with E-state index in [9.17, 15) is 9.59 Å². The summed E-state index contributed by atoms with van der Waals surface area (Å²) in [6.45, 7) is 2.00. The second kappa shape index (κ2) is 9.24. The van der Waals surface area contributed by atoms with Crippen LogP contribution in [0.15, 0.2) is 47.3 Å². The highest BCUT2D eigenvalue weighted by molar-refractivity contribution is 7.17. The molecule has 152 valence electrons. The van der Waals surface area contributed by atoms with Crippen LogP contribution in [0, 0.1) is 0 Å². The number of anilines is 1. The molecule has 0 saturated heterocycles. The zero-order chi connectivity index (χ0) is 20.9. The molecule has 0 aliphatic rings. The number of hydrogen-bond donors (Lipinski definition) is 2. The Hall–Kier alpha value is -2.95. The van der Waals surface area contributed by atoms with Crippen molar-refractivity contribution in [3.05, 3.63) is 57.9 Å². The molecule has 0 aliphatic carbocycles. The minimum atomic E-state index is -0.161. The van der Waals surface area contributed by atoms with E-state index in [0.29, 0.717) is 17.4 Å². The van der Waals surface area contributed by atoms with Crippen LogP contribution in [0.5, 0.6) is 0 Å². The van der Waals surface area contributed by atoms with E-state index in [2.05, 4.69) is 25.6 Å². The molecule has 2 amide bonds. The molecule has 0 atom stereocenters. The lowest BCUT2D eigenvalue weighted by Gasteiger charge is -1.99. The van der Waals surface area contributed by atoms with Crippen LogP contribution >= 0.6 is 34.0 Å². The van der Waals surface area contributed by atoms with Gasteiger partial charge in [0.1, 0.15) is 5.01 Å². The third-order valence-electron chi connectivity index (χ3n) is 3.95. The first-order chi connectivity index (χ1) is 14.6. The van der Waals surface area contributed by atoms with Crippen molar-refractivity contribution in [2.45, 2.75) is 19.9 Å². The van der Waals surface area contributed by atoms with Gasteiger partial charge in [0.05, 0.1) is 34.9 Å². The van der Waals surface area contributed by atoms with Gasteiger partial charge in [0.15, 0.2) is 5.13 Å². The fraction of sp³-hybridized carbons (Fsp3) is 0.150. The Labute approximate surface area is 184 Å². The number of pyridine rings is 1. The number of carbonyl (C=O) groups excluding carboxylic acids is 2. The van der Waals surface area contributed by atoms with Crippen molar-refractivity contribution in [3.63, 3.8) is 0 Å². The van der Waals surface area contributed by atoms with Crippen molar-refractivity contribution in [3.8, 4) is 21.3 Å². The average molecular weight is 456 g/mol. The third-order valence-corrected chi connectivity index (χ3v) is 6.73. The fourth-order valence-corrected chi connectivity index (χ4v) is 5.09. The molecule has 0 fully saturated rings. The molecular weight excluding hydrogens is 438 g/mol. The number of carbonyl (C=O) groups is 2. The molecule has 4 aromatic rings. The fourth-order valence-electron chi connectivity index (χ4n) is 2.59. The summed E-state index contributed by atoms with van der Waals surface area (Å²) in [7, 11) is 0. The van der Waals surface area contributed by atoms with E-state index in [1.165, 1.54) is 29.6 Å². The molecule has 0 radical (unpaired) electrons. The Balaban J connectivity index is 1.35. The highest BCUT2D eigenvalue weighted by atomic mass is 32.1. The normalized spacial score (nSPS) is 10.7. The Bertz CT molecular complexity index is 1170. The summed E-state index contributed by atoms with van der Waals surface area (Å²) in [6, 6.07) is 9.60. The molecule has 4 aromatic heterocycles. The number of amides is 2. The van der Waals surface area contributed by atoms with Crippen LogP contribution in [0.25, 0.3) is 21.3 Å². The second-order valence-electron chi connectivity index (χ2n) is 6.30. The van der Waals surface area contributed by atoms with Gasteiger partial charge in [-0.05, 0) is 24.3 Å². The number of thiazole rings is 2. The SMILES string of the molecule is CC(=O)NCc1ccc(-c2csc(NC(=O)Cc3csc(-c4ccccn4)n3)n2)s1. The lowest BCUT2D eigenvalue weighted by Crippen LogP contribution is -2.17. The zero-order valence-corrected chi connectivity index (χ0v) is 18.4. The van der Waals surface area contributed by atoms with Crippen LogP contribution in [-0.2, 0) is 22.6 Å². The number of aromatic nitrogens is 3. The Morgan fingerprint density at radius 1 is 1.03 bits per heavy atom. The first-order valence-electron chi connectivity index (χ1n) is 9.01. The van der Waals surface area contributed by atoms with Crippen molar-refractivity contribution in [2.75, 3.05) is 5.32 Å². The molecule has 30 heavy (non-hydrogen) atoms. The Kier molecular flexibility index (Phi) is 6.26. The highest BCUT2D eigenvalue weighted by Crippen LogP contribution is 2.31. The predicted molar refractivity (Wildman–Crippen MR) is 121 cm³/mol. The van der Waals surface area contributed by atoms with Crippen LogP contribution in [0.1, 0.15) is 17.5 Å². The monoisotopic (exact) mass is 455 g/mol. The summed E-state index contributed by atoms with van der Waals surface area (Å²) in [6.07, 6.45) is 1.90. The van der Waals surface area contributed by atoms with Crippen LogP contribution in [0.2, 0.25) is 0 Å². The maximum atomic E-state index is 12.4. The molecule has 0 spiro atoms.